The average Bonchev–Trinajstić information content (AvgIpc) is 2.82. The van der Waals surface area contributed by atoms with Crippen molar-refractivity contribution < 1.29 is 4.74 Å². The summed E-state index contributed by atoms with van der Waals surface area (Å²) in [6, 6.07) is 0.572. The van der Waals surface area contributed by atoms with E-state index >= 15 is 0 Å². The van der Waals surface area contributed by atoms with E-state index in [1.807, 2.05) is 6.92 Å². The second-order valence-corrected chi connectivity index (χ2v) is 6.13. The number of hydrogen-bond donors (Lipinski definition) is 1. The Morgan fingerprint density at radius 2 is 2.28 bits per heavy atom. The van der Waals surface area contributed by atoms with Crippen molar-refractivity contribution in [2.45, 2.75) is 64.6 Å². The molecule has 1 aromatic heterocycles. The third-order valence-corrected chi connectivity index (χ3v) is 4.96. The highest BCUT2D eigenvalue weighted by molar-refractivity contribution is 7.09. The second-order valence-electron chi connectivity index (χ2n) is 5.19. The fourth-order valence-corrected chi connectivity index (χ4v) is 3.38. The van der Waals surface area contributed by atoms with Gasteiger partial charge in [-0.15, -0.1) is 11.3 Å². The first-order valence-corrected chi connectivity index (χ1v) is 7.84. The van der Waals surface area contributed by atoms with Gasteiger partial charge in [0, 0.05) is 30.3 Å². The van der Waals surface area contributed by atoms with Crippen LogP contribution in [0, 0.1) is 6.92 Å². The molecule has 1 aliphatic rings. The van der Waals surface area contributed by atoms with Gasteiger partial charge < -0.3 is 10.1 Å². The number of hydrogen-bond acceptors (Lipinski definition) is 4. The fraction of sp³-hybridized carbons (Fsp3) is 0.786. The summed E-state index contributed by atoms with van der Waals surface area (Å²) in [6.45, 7) is 8.29. The van der Waals surface area contributed by atoms with E-state index in [9.17, 15) is 0 Å². The lowest BCUT2D eigenvalue weighted by Crippen LogP contribution is -2.46. The van der Waals surface area contributed by atoms with E-state index in [2.05, 4.69) is 29.5 Å². The summed E-state index contributed by atoms with van der Waals surface area (Å²) in [6.07, 6.45) is 4.46. The maximum Gasteiger partial charge on any atom is 0.107 e. The van der Waals surface area contributed by atoms with Gasteiger partial charge in [0.05, 0.1) is 5.60 Å². The Morgan fingerprint density at radius 3 is 2.89 bits per heavy atom. The van der Waals surface area contributed by atoms with Crippen LogP contribution in [0.25, 0.3) is 0 Å². The minimum Gasteiger partial charge on any atom is -0.375 e. The van der Waals surface area contributed by atoms with Crippen molar-refractivity contribution in [2.24, 2.45) is 0 Å². The molecule has 1 aromatic rings. The molecule has 1 aliphatic heterocycles. The van der Waals surface area contributed by atoms with Crippen LogP contribution in [0.4, 0.5) is 0 Å². The third-order valence-electron chi connectivity index (χ3n) is 3.99. The highest BCUT2D eigenvalue weighted by Crippen LogP contribution is 2.31. The molecule has 1 N–H and O–H groups in total. The predicted octanol–water partition coefficient (Wildman–Crippen LogP) is 3.28. The predicted molar refractivity (Wildman–Crippen MR) is 76.0 cm³/mol. The summed E-state index contributed by atoms with van der Waals surface area (Å²) in [5.41, 5.74) is 1.23. The van der Waals surface area contributed by atoms with Crippen molar-refractivity contribution in [1.29, 1.82) is 0 Å². The van der Waals surface area contributed by atoms with E-state index < -0.39 is 0 Å². The summed E-state index contributed by atoms with van der Waals surface area (Å²) >= 11 is 1.74. The molecule has 0 bridgehead atoms. The SMILES string of the molecule is CCC1(CC)CC(NCc2nc(C)cs2)CCO1. The molecule has 2 rings (SSSR count). The number of rotatable bonds is 5. The number of ether oxygens (including phenoxy) is 1. The first-order chi connectivity index (χ1) is 8.67. The quantitative estimate of drug-likeness (QED) is 0.890. The molecular weight excluding hydrogens is 244 g/mol. The fourth-order valence-electron chi connectivity index (χ4n) is 2.66. The Kier molecular flexibility index (Phi) is 4.76. The van der Waals surface area contributed by atoms with Crippen molar-refractivity contribution in [3.8, 4) is 0 Å². The summed E-state index contributed by atoms with van der Waals surface area (Å²) < 4.78 is 6.00. The van der Waals surface area contributed by atoms with Gasteiger partial charge in [0.2, 0.25) is 0 Å². The molecule has 0 radical (unpaired) electrons. The number of nitrogens with one attached hydrogen (secondary N) is 1. The van der Waals surface area contributed by atoms with Crippen LogP contribution in [0.15, 0.2) is 5.38 Å². The first kappa shape index (κ1) is 14.0. The van der Waals surface area contributed by atoms with Crippen LogP contribution in [-0.2, 0) is 11.3 Å². The lowest BCUT2D eigenvalue weighted by atomic mass is 9.86. The monoisotopic (exact) mass is 268 g/mol. The molecule has 0 aliphatic carbocycles. The van der Waals surface area contributed by atoms with Gasteiger partial charge in [-0.2, -0.15) is 0 Å². The zero-order chi connectivity index (χ0) is 13.0. The molecule has 1 unspecified atom stereocenters. The zero-order valence-corrected chi connectivity index (χ0v) is 12.5. The molecule has 4 heteroatoms. The number of aryl methyl sites for hydroxylation is 1. The van der Waals surface area contributed by atoms with Crippen LogP contribution in [-0.4, -0.2) is 23.2 Å². The largest absolute Gasteiger partial charge is 0.375 e. The number of aromatic nitrogens is 1. The van der Waals surface area contributed by atoms with Crippen LogP contribution < -0.4 is 5.32 Å². The van der Waals surface area contributed by atoms with Gasteiger partial charge in [-0.05, 0) is 32.6 Å². The maximum absolute atomic E-state index is 6.00. The molecule has 0 amide bonds. The van der Waals surface area contributed by atoms with Crippen molar-refractivity contribution >= 4 is 11.3 Å². The van der Waals surface area contributed by atoms with Crippen molar-refractivity contribution in [2.75, 3.05) is 6.61 Å². The molecule has 1 fully saturated rings. The number of nitrogens with zero attached hydrogens (tertiary/aromatic N) is 1. The molecule has 18 heavy (non-hydrogen) atoms. The topological polar surface area (TPSA) is 34.2 Å². The van der Waals surface area contributed by atoms with E-state index in [4.69, 9.17) is 4.74 Å². The van der Waals surface area contributed by atoms with E-state index in [0.29, 0.717) is 6.04 Å². The Balaban J connectivity index is 1.86. The molecule has 3 nitrogen and oxygen atoms in total. The van der Waals surface area contributed by atoms with Crippen molar-refractivity contribution in [1.82, 2.24) is 10.3 Å². The van der Waals surface area contributed by atoms with E-state index in [0.717, 1.165) is 44.5 Å². The summed E-state index contributed by atoms with van der Waals surface area (Å²) in [5.74, 6) is 0. The zero-order valence-electron chi connectivity index (χ0n) is 11.7. The van der Waals surface area contributed by atoms with E-state index in [-0.39, 0.29) is 5.60 Å². The van der Waals surface area contributed by atoms with Crippen LogP contribution in [0.5, 0.6) is 0 Å². The summed E-state index contributed by atoms with van der Waals surface area (Å²) in [4.78, 5) is 4.50. The molecule has 0 saturated carbocycles. The van der Waals surface area contributed by atoms with Crippen LogP contribution >= 0.6 is 11.3 Å². The number of thiazole rings is 1. The second kappa shape index (κ2) is 6.13. The van der Waals surface area contributed by atoms with Crippen LogP contribution in [0.2, 0.25) is 0 Å². The molecule has 1 atom stereocenters. The molecule has 0 aromatic carbocycles. The molecular formula is C14H24N2OS. The van der Waals surface area contributed by atoms with Gasteiger partial charge in [-0.25, -0.2) is 4.98 Å². The Bertz CT molecular complexity index is 374. The Labute approximate surface area is 114 Å². The third kappa shape index (κ3) is 3.31. The molecule has 2 heterocycles. The summed E-state index contributed by atoms with van der Waals surface area (Å²) in [7, 11) is 0. The average molecular weight is 268 g/mol. The van der Waals surface area contributed by atoms with Crippen molar-refractivity contribution in [3.63, 3.8) is 0 Å². The lowest BCUT2D eigenvalue weighted by Gasteiger charge is -2.40. The van der Waals surface area contributed by atoms with Gasteiger partial charge in [0.25, 0.3) is 0 Å². The van der Waals surface area contributed by atoms with Crippen molar-refractivity contribution in [3.05, 3.63) is 16.1 Å². The Morgan fingerprint density at radius 1 is 1.50 bits per heavy atom. The normalized spacial score (nSPS) is 23.2. The first-order valence-electron chi connectivity index (χ1n) is 6.96. The van der Waals surface area contributed by atoms with Crippen LogP contribution in [0.3, 0.4) is 0 Å². The highest BCUT2D eigenvalue weighted by Gasteiger charge is 2.34. The van der Waals surface area contributed by atoms with Gasteiger partial charge in [-0.3, -0.25) is 0 Å². The summed E-state index contributed by atoms with van der Waals surface area (Å²) in [5, 5.41) is 6.95. The standard InChI is InChI=1S/C14H24N2OS/c1-4-14(5-2)8-12(6-7-17-14)15-9-13-16-11(3)10-18-13/h10,12,15H,4-9H2,1-3H3. The minimum absolute atomic E-state index is 0.106. The van der Waals surface area contributed by atoms with Gasteiger partial charge in [0.15, 0.2) is 0 Å². The minimum atomic E-state index is 0.106. The molecule has 1 saturated heterocycles. The van der Waals surface area contributed by atoms with Gasteiger partial charge in [-0.1, -0.05) is 13.8 Å². The Hall–Kier alpha value is -0.450. The van der Waals surface area contributed by atoms with E-state index in [1.165, 1.54) is 5.01 Å². The van der Waals surface area contributed by atoms with Gasteiger partial charge >= 0.3 is 0 Å². The highest BCUT2D eigenvalue weighted by atomic mass is 32.1. The molecule has 102 valence electrons. The smallest absolute Gasteiger partial charge is 0.107 e. The lowest BCUT2D eigenvalue weighted by molar-refractivity contribution is -0.0932. The van der Waals surface area contributed by atoms with Gasteiger partial charge in [0.1, 0.15) is 5.01 Å². The van der Waals surface area contributed by atoms with Crippen LogP contribution in [0.1, 0.15) is 50.2 Å². The van der Waals surface area contributed by atoms with E-state index in [1.54, 1.807) is 11.3 Å². The maximum atomic E-state index is 6.00. The molecule has 0 spiro atoms.